The number of benzene rings is 2. The van der Waals surface area contributed by atoms with E-state index in [9.17, 15) is 18.0 Å². The van der Waals surface area contributed by atoms with Crippen molar-refractivity contribution in [2.75, 3.05) is 4.72 Å². The van der Waals surface area contributed by atoms with Crippen molar-refractivity contribution >= 4 is 74.5 Å². The van der Waals surface area contributed by atoms with Crippen molar-refractivity contribution in [2.24, 2.45) is 5.73 Å². The second-order valence-electron chi connectivity index (χ2n) is 7.61. The van der Waals surface area contributed by atoms with E-state index in [1.807, 2.05) is 0 Å². The number of rotatable bonds is 8. The van der Waals surface area contributed by atoms with E-state index in [1.54, 1.807) is 40.8 Å². The van der Waals surface area contributed by atoms with E-state index in [2.05, 4.69) is 14.8 Å². The molecule has 2 aromatic carbocycles. The van der Waals surface area contributed by atoms with Crippen LogP contribution in [0.2, 0.25) is 15.1 Å². The summed E-state index contributed by atoms with van der Waals surface area (Å²) in [5.74, 6) is -1.56. The Bertz CT molecular complexity index is 1430. The van der Waals surface area contributed by atoms with Gasteiger partial charge in [-0.3, -0.25) is 18.6 Å². The molecule has 0 saturated carbocycles. The number of carbonyl (C=O) groups excluding carboxylic acids is 2. The maximum Gasteiger partial charge on any atom is 0.264 e. The number of nitrogens with one attached hydrogen (secondary N) is 3. The van der Waals surface area contributed by atoms with Crippen LogP contribution in [0.25, 0.3) is 0 Å². The summed E-state index contributed by atoms with van der Waals surface area (Å²) in [4.78, 5) is 25.2. The standard InChI is InChI=1S/C22H18Cl3N5O4S2/c23-13-5-3-12(4-6-13)8-18(21(26)31)28-22(32)14-9-15(24)16(25)10-17(14)29-36(33,34)20-2-1-7-30-19(20)11-27-35-30/h1-7,9-11,18,27,29H,8H2,(H2,26,31)(H,28,32)/t18-/m0/s1. The summed E-state index contributed by atoms with van der Waals surface area (Å²) in [7, 11) is -4.16. The Morgan fingerprint density at radius 1 is 1.11 bits per heavy atom. The maximum atomic E-state index is 13.3. The fraction of sp³-hybridized carbons (Fsp3) is 0.0909. The number of anilines is 1. The number of hydrogen-bond donors (Lipinski definition) is 4. The number of sulfonamides is 1. The topological polar surface area (TPSA) is 134 Å². The van der Waals surface area contributed by atoms with Crippen molar-refractivity contribution in [1.82, 2.24) is 14.3 Å². The molecule has 0 saturated heterocycles. The summed E-state index contributed by atoms with van der Waals surface area (Å²) in [6.07, 6.45) is 6.32. The molecule has 0 fully saturated rings. The van der Waals surface area contributed by atoms with Crippen molar-refractivity contribution in [1.29, 1.82) is 0 Å². The molecule has 0 aromatic heterocycles. The molecule has 36 heavy (non-hydrogen) atoms. The fourth-order valence-electron chi connectivity index (χ4n) is 3.40. The zero-order valence-corrected chi connectivity index (χ0v) is 22.1. The third-order valence-electron chi connectivity index (χ3n) is 5.15. The molecule has 2 aromatic rings. The number of fused-ring (bicyclic) bond motifs is 1. The van der Waals surface area contributed by atoms with Gasteiger partial charge in [-0.05, 0) is 42.0 Å². The Morgan fingerprint density at radius 3 is 2.50 bits per heavy atom. The fourth-order valence-corrected chi connectivity index (χ4v) is 5.83. The van der Waals surface area contributed by atoms with Crippen molar-refractivity contribution in [2.45, 2.75) is 12.5 Å². The number of carbonyl (C=O) groups is 2. The smallest absolute Gasteiger partial charge is 0.264 e. The number of allylic oxidation sites excluding steroid dienone is 2. The molecule has 0 unspecified atom stereocenters. The molecule has 2 heterocycles. The van der Waals surface area contributed by atoms with E-state index in [0.717, 1.165) is 0 Å². The number of nitrogens with two attached hydrogens (primary N) is 1. The summed E-state index contributed by atoms with van der Waals surface area (Å²) in [5, 5.41) is 3.10. The summed E-state index contributed by atoms with van der Waals surface area (Å²) < 4.78 is 33.4. The molecule has 0 spiro atoms. The average Bonchev–Trinajstić information content (AvgIpc) is 3.30. The van der Waals surface area contributed by atoms with Crippen LogP contribution in [-0.2, 0) is 21.2 Å². The van der Waals surface area contributed by atoms with Crippen molar-refractivity contribution in [3.8, 4) is 0 Å². The van der Waals surface area contributed by atoms with Gasteiger partial charge in [0.15, 0.2) is 0 Å². The van der Waals surface area contributed by atoms with Gasteiger partial charge in [0, 0.05) is 23.8 Å². The monoisotopic (exact) mass is 585 g/mol. The normalized spacial score (nSPS) is 15.4. The Labute approximate surface area is 226 Å². The van der Waals surface area contributed by atoms with Gasteiger partial charge < -0.3 is 15.8 Å². The van der Waals surface area contributed by atoms with Crippen LogP contribution in [0.4, 0.5) is 5.69 Å². The van der Waals surface area contributed by atoms with E-state index in [0.29, 0.717) is 16.3 Å². The van der Waals surface area contributed by atoms with Gasteiger partial charge in [-0.15, -0.1) is 0 Å². The summed E-state index contributed by atoms with van der Waals surface area (Å²) in [5.41, 5.74) is 6.34. The minimum absolute atomic E-state index is 0.0168. The van der Waals surface area contributed by atoms with Gasteiger partial charge in [0.1, 0.15) is 10.9 Å². The molecule has 188 valence electrons. The molecule has 9 nitrogen and oxygen atoms in total. The lowest BCUT2D eigenvalue weighted by atomic mass is 10.0. The van der Waals surface area contributed by atoms with Crippen molar-refractivity contribution in [3.05, 3.63) is 97.7 Å². The number of hydrogen-bond acceptors (Lipinski definition) is 7. The first-order valence-electron chi connectivity index (χ1n) is 10.2. The molecule has 4 rings (SSSR count). The Morgan fingerprint density at radius 2 is 1.81 bits per heavy atom. The molecule has 1 atom stereocenters. The minimum atomic E-state index is -4.16. The third-order valence-corrected chi connectivity index (χ3v) is 8.27. The van der Waals surface area contributed by atoms with Gasteiger partial charge in [-0.1, -0.05) is 46.9 Å². The van der Waals surface area contributed by atoms with Gasteiger partial charge in [-0.25, -0.2) is 8.42 Å². The van der Waals surface area contributed by atoms with Gasteiger partial charge in [0.05, 0.1) is 39.1 Å². The van der Waals surface area contributed by atoms with Crippen LogP contribution in [0.15, 0.2) is 71.6 Å². The predicted octanol–water partition coefficient (Wildman–Crippen LogP) is 3.94. The van der Waals surface area contributed by atoms with Crippen LogP contribution in [-0.4, -0.2) is 30.6 Å². The predicted molar refractivity (Wildman–Crippen MR) is 142 cm³/mol. The van der Waals surface area contributed by atoms with Gasteiger partial charge in [0.25, 0.3) is 15.9 Å². The Hall–Kier alpha value is -2.83. The molecular formula is C22H18Cl3N5O4S2. The summed E-state index contributed by atoms with van der Waals surface area (Å²) in [6, 6.07) is 8.03. The highest BCUT2D eigenvalue weighted by Gasteiger charge is 2.31. The van der Waals surface area contributed by atoms with Crippen LogP contribution in [0.5, 0.6) is 0 Å². The van der Waals surface area contributed by atoms with E-state index in [4.69, 9.17) is 40.5 Å². The highest BCUT2D eigenvalue weighted by molar-refractivity contribution is 7.97. The van der Waals surface area contributed by atoms with E-state index in [1.165, 1.54) is 36.5 Å². The Balaban J connectivity index is 1.62. The van der Waals surface area contributed by atoms with Crippen LogP contribution in [0, 0.1) is 0 Å². The lowest BCUT2D eigenvalue weighted by Gasteiger charge is -2.22. The first-order valence-corrected chi connectivity index (χ1v) is 13.6. The molecule has 0 bridgehead atoms. The number of amides is 2. The van der Waals surface area contributed by atoms with E-state index in [-0.39, 0.29) is 32.6 Å². The summed E-state index contributed by atoms with van der Waals surface area (Å²) in [6.45, 7) is 0. The minimum Gasteiger partial charge on any atom is -0.368 e. The first-order chi connectivity index (χ1) is 17.0. The molecule has 14 heteroatoms. The number of halogens is 3. The first kappa shape index (κ1) is 26.2. The number of nitrogens with zero attached hydrogens (tertiary/aromatic N) is 1. The van der Waals surface area contributed by atoms with E-state index >= 15 is 0 Å². The lowest BCUT2D eigenvalue weighted by Crippen LogP contribution is -2.46. The van der Waals surface area contributed by atoms with Crippen LogP contribution in [0.1, 0.15) is 15.9 Å². The zero-order valence-electron chi connectivity index (χ0n) is 18.2. The van der Waals surface area contributed by atoms with Crippen LogP contribution in [0.3, 0.4) is 0 Å². The molecule has 2 aliphatic heterocycles. The highest BCUT2D eigenvalue weighted by Crippen LogP contribution is 2.35. The Kier molecular flexibility index (Phi) is 7.76. The largest absolute Gasteiger partial charge is 0.368 e. The molecular weight excluding hydrogens is 569 g/mol. The molecule has 2 amide bonds. The van der Waals surface area contributed by atoms with E-state index < -0.39 is 27.9 Å². The lowest BCUT2D eigenvalue weighted by molar-refractivity contribution is -0.119. The maximum absolute atomic E-state index is 13.3. The van der Waals surface area contributed by atoms with Gasteiger partial charge in [-0.2, -0.15) is 0 Å². The number of primary amides is 1. The highest BCUT2D eigenvalue weighted by atomic mass is 35.5. The van der Waals surface area contributed by atoms with Crippen LogP contribution >= 0.6 is 46.9 Å². The molecule has 0 radical (unpaired) electrons. The summed E-state index contributed by atoms with van der Waals surface area (Å²) >= 11 is 19.3. The molecule has 2 aliphatic rings. The second-order valence-corrected chi connectivity index (χ2v) is 11.3. The third kappa shape index (κ3) is 5.76. The average molecular weight is 587 g/mol. The quantitative estimate of drug-likeness (QED) is 0.344. The zero-order chi connectivity index (χ0) is 26.0. The van der Waals surface area contributed by atoms with Gasteiger partial charge >= 0.3 is 0 Å². The van der Waals surface area contributed by atoms with Gasteiger partial charge in [0.2, 0.25) is 5.91 Å². The van der Waals surface area contributed by atoms with Crippen molar-refractivity contribution in [3.63, 3.8) is 0 Å². The van der Waals surface area contributed by atoms with Crippen molar-refractivity contribution < 1.29 is 18.0 Å². The van der Waals surface area contributed by atoms with Crippen LogP contribution < -0.4 is 20.5 Å². The molecule has 0 aliphatic carbocycles. The second kappa shape index (κ2) is 10.7. The molecule has 5 N–H and O–H groups in total. The SMILES string of the molecule is NC(=O)[C@H](Cc1ccc(Cl)cc1)NC(=O)c1cc(Cl)c(Cl)cc1NS(=O)(=O)C1=CC=CN2SNC=C12.